The number of imidazole rings is 1. The highest BCUT2D eigenvalue weighted by molar-refractivity contribution is 9.12. The number of fused-ring (bicyclic) bond motifs is 1. The smallest absolute Gasteiger partial charge is 0.306 e. The van der Waals surface area contributed by atoms with Crippen LogP contribution in [0.4, 0.5) is 0 Å². The van der Waals surface area contributed by atoms with E-state index in [0.717, 1.165) is 29.7 Å². The number of aromatic nitrogens is 2. The van der Waals surface area contributed by atoms with E-state index in [-0.39, 0.29) is 11.1 Å². The molecule has 0 amide bonds. The van der Waals surface area contributed by atoms with Crippen molar-refractivity contribution in [2.75, 3.05) is 0 Å². The molecule has 3 rings (SSSR count). The molecule has 98 valence electrons. The van der Waals surface area contributed by atoms with Gasteiger partial charge in [0.05, 0.1) is 24.0 Å². The van der Waals surface area contributed by atoms with Crippen molar-refractivity contribution in [1.29, 1.82) is 0 Å². The summed E-state index contributed by atoms with van der Waals surface area (Å²) in [7, 11) is 0. The van der Waals surface area contributed by atoms with Gasteiger partial charge in [0.25, 0.3) is 0 Å². The van der Waals surface area contributed by atoms with Crippen LogP contribution in [0.5, 0.6) is 0 Å². The Morgan fingerprint density at radius 1 is 1.16 bits per heavy atom. The van der Waals surface area contributed by atoms with Crippen LogP contribution in [-0.4, -0.2) is 9.97 Å². The van der Waals surface area contributed by atoms with Crippen LogP contribution in [0.25, 0.3) is 11.0 Å². The van der Waals surface area contributed by atoms with Gasteiger partial charge in [-0.3, -0.25) is 0 Å². The molecule has 2 aromatic heterocycles. The Labute approximate surface area is 134 Å². The van der Waals surface area contributed by atoms with E-state index in [1.807, 2.05) is 24.3 Å². The Hall–Kier alpha value is -0.560. The molecular weight excluding hydrogens is 415 g/mol. The van der Waals surface area contributed by atoms with Crippen molar-refractivity contribution < 1.29 is 0 Å². The largest absolute Gasteiger partial charge is 0.323 e. The lowest BCUT2D eigenvalue weighted by molar-refractivity contribution is 1.15. The van der Waals surface area contributed by atoms with Gasteiger partial charge < -0.3 is 9.97 Å². The number of hydrogen-bond donors (Lipinski definition) is 2. The molecule has 3 nitrogen and oxygen atoms in total. The average Bonchev–Trinajstić information content (AvgIpc) is 2.88. The summed E-state index contributed by atoms with van der Waals surface area (Å²) in [6.45, 7) is 0. The zero-order valence-electron chi connectivity index (χ0n) is 9.34. The zero-order chi connectivity index (χ0) is 13.6. The van der Waals surface area contributed by atoms with E-state index in [1.54, 1.807) is 11.3 Å². The number of aromatic amines is 2. The lowest BCUT2D eigenvalue weighted by Gasteiger charge is -2.09. The third-order valence-corrected chi connectivity index (χ3v) is 5.66. The first-order valence-corrected chi connectivity index (χ1v) is 8.19. The summed E-state index contributed by atoms with van der Waals surface area (Å²) in [5.74, 6) is 0. The van der Waals surface area contributed by atoms with Crippen LogP contribution in [0.2, 0.25) is 0 Å². The van der Waals surface area contributed by atoms with Crippen LogP contribution in [0.3, 0.4) is 0 Å². The topological polar surface area (TPSA) is 48.6 Å². The van der Waals surface area contributed by atoms with Crippen molar-refractivity contribution in [1.82, 2.24) is 9.97 Å². The Morgan fingerprint density at radius 3 is 2.58 bits per heavy atom. The quantitative estimate of drug-likeness (QED) is 0.574. The van der Waals surface area contributed by atoms with E-state index in [0.29, 0.717) is 0 Å². The second kappa shape index (κ2) is 5.09. The molecule has 1 unspecified atom stereocenters. The number of halogens is 3. The summed E-state index contributed by atoms with van der Waals surface area (Å²) in [5.41, 5.74) is 3.28. The molecule has 0 spiro atoms. The molecule has 3 aromatic rings. The Bertz CT molecular complexity index is 808. The van der Waals surface area contributed by atoms with Crippen molar-refractivity contribution >= 4 is 65.8 Å². The highest BCUT2D eigenvalue weighted by Gasteiger charge is 2.17. The monoisotopic (exact) mass is 420 g/mol. The van der Waals surface area contributed by atoms with Gasteiger partial charge in [0, 0.05) is 5.56 Å². The molecule has 0 aliphatic rings. The molecular formula is C12H7Br2ClN2OS. The average molecular weight is 423 g/mol. The Kier molecular flexibility index (Phi) is 3.59. The van der Waals surface area contributed by atoms with Gasteiger partial charge in [-0.25, -0.2) is 4.79 Å². The first-order valence-electron chi connectivity index (χ1n) is 5.35. The van der Waals surface area contributed by atoms with E-state index in [1.165, 1.54) is 0 Å². The van der Waals surface area contributed by atoms with Gasteiger partial charge in [-0.2, -0.15) is 0 Å². The molecule has 1 atom stereocenters. The number of hydrogen-bond acceptors (Lipinski definition) is 2. The van der Waals surface area contributed by atoms with Crippen molar-refractivity contribution in [2.45, 2.75) is 5.38 Å². The maximum atomic E-state index is 11.2. The number of nitrogens with one attached hydrogen (secondary N) is 2. The second-order valence-electron chi connectivity index (χ2n) is 4.03. The molecule has 0 aliphatic heterocycles. The fourth-order valence-electron chi connectivity index (χ4n) is 1.91. The third-order valence-electron chi connectivity index (χ3n) is 2.79. The van der Waals surface area contributed by atoms with Crippen LogP contribution in [0, 0.1) is 0 Å². The number of H-pyrrole nitrogens is 2. The van der Waals surface area contributed by atoms with Crippen molar-refractivity contribution in [3.8, 4) is 0 Å². The van der Waals surface area contributed by atoms with Gasteiger partial charge in [-0.05, 0) is 55.6 Å². The Morgan fingerprint density at radius 2 is 1.89 bits per heavy atom. The van der Waals surface area contributed by atoms with Crippen LogP contribution >= 0.6 is 54.8 Å². The number of benzene rings is 1. The van der Waals surface area contributed by atoms with Gasteiger partial charge in [-0.15, -0.1) is 22.9 Å². The number of rotatable bonds is 2. The van der Waals surface area contributed by atoms with E-state index in [9.17, 15) is 4.79 Å². The van der Waals surface area contributed by atoms with Gasteiger partial charge in [0.2, 0.25) is 0 Å². The summed E-state index contributed by atoms with van der Waals surface area (Å²) in [6.07, 6.45) is 0. The van der Waals surface area contributed by atoms with Crippen LogP contribution in [0.1, 0.15) is 16.5 Å². The van der Waals surface area contributed by atoms with E-state index in [4.69, 9.17) is 11.6 Å². The maximum absolute atomic E-state index is 11.2. The lowest BCUT2D eigenvalue weighted by Crippen LogP contribution is -1.99. The molecule has 0 fully saturated rings. The predicted octanol–water partition coefficient (Wildman–Crippen LogP) is 4.77. The fraction of sp³-hybridized carbons (Fsp3) is 0.0833. The van der Waals surface area contributed by atoms with Crippen molar-refractivity contribution in [2.24, 2.45) is 0 Å². The summed E-state index contributed by atoms with van der Waals surface area (Å²) in [5, 5.41) is -0.264. The van der Waals surface area contributed by atoms with E-state index >= 15 is 0 Å². The molecule has 0 saturated carbocycles. The van der Waals surface area contributed by atoms with Crippen molar-refractivity contribution in [3.63, 3.8) is 0 Å². The van der Waals surface area contributed by atoms with E-state index < -0.39 is 0 Å². The van der Waals surface area contributed by atoms with E-state index in [2.05, 4.69) is 41.8 Å². The minimum Gasteiger partial charge on any atom is -0.306 e. The minimum absolute atomic E-state index is 0.210. The second-order valence-corrected chi connectivity index (χ2v) is 8.21. The highest BCUT2D eigenvalue weighted by atomic mass is 79.9. The molecule has 0 bridgehead atoms. The lowest BCUT2D eigenvalue weighted by atomic mass is 10.1. The molecule has 0 aliphatic carbocycles. The first kappa shape index (κ1) is 13.4. The fourth-order valence-corrected chi connectivity index (χ4v) is 5.32. The summed E-state index contributed by atoms with van der Waals surface area (Å²) in [6, 6.07) is 7.66. The molecule has 2 N–H and O–H groups in total. The predicted molar refractivity (Wildman–Crippen MR) is 86.3 cm³/mol. The molecule has 2 heterocycles. The normalized spacial score (nSPS) is 13.0. The number of thiophene rings is 1. The van der Waals surface area contributed by atoms with Crippen LogP contribution in [0.15, 0.2) is 36.6 Å². The minimum atomic E-state index is -0.264. The van der Waals surface area contributed by atoms with Gasteiger partial charge in [0.1, 0.15) is 0 Å². The van der Waals surface area contributed by atoms with Crippen LogP contribution < -0.4 is 5.69 Å². The van der Waals surface area contributed by atoms with Gasteiger partial charge >= 0.3 is 5.69 Å². The summed E-state index contributed by atoms with van der Waals surface area (Å²) >= 11 is 15.0. The summed E-state index contributed by atoms with van der Waals surface area (Å²) in [4.78, 5) is 16.7. The SMILES string of the molecule is O=c1[nH]c2ccc(C(Cl)c3cc(Br)sc3Br)cc2[nH]1. The molecule has 19 heavy (non-hydrogen) atoms. The number of alkyl halides is 1. The molecule has 0 saturated heterocycles. The van der Waals surface area contributed by atoms with Gasteiger partial charge in [0.15, 0.2) is 0 Å². The first-order chi connectivity index (χ1) is 9.04. The van der Waals surface area contributed by atoms with Crippen LogP contribution in [-0.2, 0) is 0 Å². The maximum Gasteiger partial charge on any atom is 0.323 e. The third kappa shape index (κ3) is 2.54. The standard InChI is InChI=1S/C12H7Br2ClN2OS/c13-9-4-6(11(14)19-9)10(15)5-1-2-7-8(3-5)17-12(18)16-7/h1-4,10H,(H2,16,17,18). The summed E-state index contributed by atoms with van der Waals surface area (Å²) < 4.78 is 2.03. The molecule has 1 aromatic carbocycles. The molecule has 7 heteroatoms. The molecule has 0 radical (unpaired) electrons. The zero-order valence-corrected chi connectivity index (χ0v) is 14.1. The van der Waals surface area contributed by atoms with Gasteiger partial charge in [-0.1, -0.05) is 6.07 Å². The Balaban J connectivity index is 2.08. The van der Waals surface area contributed by atoms with Crippen molar-refractivity contribution in [3.05, 3.63) is 53.4 Å². The highest BCUT2D eigenvalue weighted by Crippen LogP contribution is 2.41.